The van der Waals surface area contributed by atoms with E-state index < -0.39 is 11.9 Å². The van der Waals surface area contributed by atoms with E-state index in [1.807, 2.05) is 12.1 Å². The molecule has 134 valence electrons. The number of hydrogen-bond acceptors (Lipinski definition) is 7. The van der Waals surface area contributed by atoms with E-state index in [0.29, 0.717) is 12.4 Å². The van der Waals surface area contributed by atoms with Crippen LogP contribution in [0.25, 0.3) is 0 Å². The van der Waals surface area contributed by atoms with Gasteiger partial charge in [0.25, 0.3) is 5.91 Å². The van der Waals surface area contributed by atoms with E-state index in [2.05, 4.69) is 25.7 Å². The van der Waals surface area contributed by atoms with Gasteiger partial charge in [-0.05, 0) is 24.6 Å². The molecule has 0 saturated carbocycles. The number of carbonyl (C=O) groups excluding carboxylic acids is 2. The van der Waals surface area contributed by atoms with E-state index in [4.69, 9.17) is 4.74 Å². The Morgan fingerprint density at radius 2 is 2.00 bits per heavy atom. The molecule has 0 atom stereocenters. The molecule has 0 bridgehead atoms. The number of amides is 1. The van der Waals surface area contributed by atoms with Gasteiger partial charge in [-0.25, -0.2) is 4.68 Å². The monoisotopic (exact) mass is 355 g/mol. The van der Waals surface area contributed by atoms with Crippen LogP contribution in [0.15, 0.2) is 43.0 Å². The number of ether oxygens (including phenoxy) is 1. The molecule has 0 spiro atoms. The summed E-state index contributed by atoms with van der Waals surface area (Å²) < 4.78 is 7.76. The van der Waals surface area contributed by atoms with Gasteiger partial charge in [0.1, 0.15) is 6.54 Å². The minimum atomic E-state index is -0.464. The van der Waals surface area contributed by atoms with Gasteiger partial charge in [-0.3, -0.25) is 19.3 Å². The molecule has 0 radical (unpaired) electrons. The lowest BCUT2D eigenvalue weighted by atomic mass is 10.3. The maximum absolute atomic E-state index is 12.2. The van der Waals surface area contributed by atoms with Crippen molar-refractivity contribution < 1.29 is 14.3 Å². The number of nitrogens with zero attached hydrogens (tertiary/aromatic N) is 6. The number of nitrogens with one attached hydrogen (secondary N) is 1. The Hall–Kier alpha value is -3.56. The van der Waals surface area contributed by atoms with E-state index in [-0.39, 0.29) is 18.8 Å². The van der Waals surface area contributed by atoms with Gasteiger partial charge in [-0.15, -0.1) is 5.10 Å². The summed E-state index contributed by atoms with van der Waals surface area (Å²) in [4.78, 5) is 27.6. The van der Waals surface area contributed by atoms with Crippen LogP contribution in [-0.2, 0) is 22.6 Å². The highest BCUT2D eigenvalue weighted by Gasteiger charge is 2.14. The van der Waals surface area contributed by atoms with Gasteiger partial charge >= 0.3 is 5.97 Å². The summed E-state index contributed by atoms with van der Waals surface area (Å²) in [7, 11) is 0. The molecule has 0 fully saturated rings. The van der Waals surface area contributed by atoms with Crippen LogP contribution in [0.5, 0.6) is 0 Å². The van der Waals surface area contributed by atoms with E-state index in [0.717, 1.165) is 5.56 Å². The quantitative estimate of drug-likeness (QED) is 0.621. The average Bonchev–Trinajstić information content (AvgIpc) is 3.26. The van der Waals surface area contributed by atoms with Crippen LogP contribution in [0.2, 0.25) is 0 Å². The molecule has 3 aromatic rings. The lowest BCUT2D eigenvalue weighted by molar-refractivity contribution is -0.144. The number of hydrogen-bond donors (Lipinski definition) is 1. The molecule has 0 aromatic carbocycles. The Labute approximate surface area is 148 Å². The molecule has 3 heterocycles. The number of rotatable bonds is 7. The fourth-order valence-electron chi connectivity index (χ4n) is 2.19. The van der Waals surface area contributed by atoms with Crippen LogP contribution >= 0.6 is 0 Å². The summed E-state index contributed by atoms with van der Waals surface area (Å²) >= 11 is 0. The minimum Gasteiger partial charge on any atom is -0.465 e. The Kier molecular flexibility index (Phi) is 5.32. The summed E-state index contributed by atoms with van der Waals surface area (Å²) in [5, 5.41) is 14.4. The number of aromatic nitrogens is 6. The molecule has 26 heavy (non-hydrogen) atoms. The molecule has 10 nitrogen and oxygen atoms in total. The zero-order valence-corrected chi connectivity index (χ0v) is 14.1. The fourth-order valence-corrected chi connectivity index (χ4v) is 2.19. The van der Waals surface area contributed by atoms with Gasteiger partial charge in [-0.1, -0.05) is 5.21 Å². The molecule has 3 rings (SSSR count). The third kappa shape index (κ3) is 4.50. The van der Waals surface area contributed by atoms with Crippen molar-refractivity contribution in [3.05, 3.63) is 54.2 Å². The summed E-state index contributed by atoms with van der Waals surface area (Å²) in [5.74, 6) is -0.516. The van der Waals surface area contributed by atoms with Crippen LogP contribution in [0, 0.1) is 0 Å². The van der Waals surface area contributed by atoms with Gasteiger partial charge in [0, 0.05) is 24.7 Å². The predicted octanol–water partition coefficient (Wildman–Crippen LogP) is 0.733. The molecular formula is C16H17N7O3. The Bertz CT molecular complexity index is 888. The molecule has 0 aliphatic carbocycles. The van der Waals surface area contributed by atoms with Crippen molar-refractivity contribution in [2.24, 2.45) is 0 Å². The summed E-state index contributed by atoms with van der Waals surface area (Å²) in [6.07, 6.45) is 6.55. The van der Waals surface area contributed by atoms with Crippen molar-refractivity contribution in [1.82, 2.24) is 29.8 Å². The first kappa shape index (κ1) is 17.3. The van der Waals surface area contributed by atoms with E-state index in [1.54, 1.807) is 36.3 Å². The fraction of sp³-hybridized carbons (Fsp3) is 0.250. The zero-order chi connectivity index (χ0) is 18.4. The Morgan fingerprint density at radius 3 is 2.77 bits per heavy atom. The number of carbonyl (C=O) groups is 2. The van der Waals surface area contributed by atoms with Gasteiger partial charge in [0.15, 0.2) is 11.5 Å². The third-order valence-corrected chi connectivity index (χ3v) is 3.34. The van der Waals surface area contributed by atoms with Gasteiger partial charge in [-0.2, -0.15) is 5.10 Å². The lowest BCUT2D eigenvalue weighted by Crippen LogP contribution is -2.14. The largest absolute Gasteiger partial charge is 0.465 e. The molecule has 1 amide bonds. The van der Waals surface area contributed by atoms with Crippen LogP contribution in [0.4, 0.5) is 5.82 Å². The smallest absolute Gasteiger partial charge is 0.327 e. The topological polar surface area (TPSA) is 117 Å². The van der Waals surface area contributed by atoms with Crippen molar-refractivity contribution in [2.75, 3.05) is 11.9 Å². The second-order valence-corrected chi connectivity index (χ2v) is 5.31. The normalized spacial score (nSPS) is 10.5. The van der Waals surface area contributed by atoms with Crippen molar-refractivity contribution >= 4 is 17.7 Å². The van der Waals surface area contributed by atoms with E-state index >= 15 is 0 Å². The maximum atomic E-state index is 12.2. The van der Waals surface area contributed by atoms with Gasteiger partial charge in [0.05, 0.1) is 19.3 Å². The highest BCUT2D eigenvalue weighted by molar-refractivity contribution is 6.02. The van der Waals surface area contributed by atoms with Crippen molar-refractivity contribution in [2.45, 2.75) is 20.0 Å². The highest BCUT2D eigenvalue weighted by Crippen LogP contribution is 2.07. The van der Waals surface area contributed by atoms with Crippen LogP contribution in [-0.4, -0.2) is 48.2 Å². The van der Waals surface area contributed by atoms with Gasteiger partial charge in [0.2, 0.25) is 0 Å². The summed E-state index contributed by atoms with van der Waals surface area (Å²) in [6.45, 7) is 2.46. The van der Waals surface area contributed by atoms with E-state index in [9.17, 15) is 9.59 Å². The predicted molar refractivity (Wildman–Crippen MR) is 90.2 cm³/mol. The number of pyridine rings is 1. The minimum absolute atomic E-state index is 0.0815. The zero-order valence-electron chi connectivity index (χ0n) is 14.1. The maximum Gasteiger partial charge on any atom is 0.327 e. The van der Waals surface area contributed by atoms with Crippen LogP contribution < -0.4 is 5.32 Å². The molecule has 0 unspecified atom stereocenters. The number of anilines is 1. The first-order valence-electron chi connectivity index (χ1n) is 7.93. The average molecular weight is 355 g/mol. The van der Waals surface area contributed by atoms with Crippen molar-refractivity contribution in [1.29, 1.82) is 0 Å². The molecule has 10 heteroatoms. The standard InChI is InChI=1S/C16H17N7O3/c1-2-26-15(24)11-23-10-13(19-21-23)16(25)18-14-5-8-22(20-14)9-12-3-6-17-7-4-12/h3-8,10H,2,9,11H2,1H3,(H,18,20,25). The number of esters is 1. The second-order valence-electron chi connectivity index (χ2n) is 5.31. The molecule has 0 saturated heterocycles. The molecule has 1 N–H and O–H groups in total. The SMILES string of the molecule is CCOC(=O)Cn1cc(C(=O)Nc2ccn(Cc3ccncc3)n2)nn1. The summed E-state index contributed by atoms with van der Waals surface area (Å²) in [6, 6.07) is 5.46. The second kappa shape index (κ2) is 8.01. The first-order valence-corrected chi connectivity index (χ1v) is 7.93. The van der Waals surface area contributed by atoms with Crippen LogP contribution in [0.3, 0.4) is 0 Å². The molecular weight excluding hydrogens is 338 g/mol. The van der Waals surface area contributed by atoms with Gasteiger partial charge < -0.3 is 10.1 Å². The Morgan fingerprint density at radius 1 is 1.19 bits per heavy atom. The third-order valence-electron chi connectivity index (χ3n) is 3.34. The van der Waals surface area contributed by atoms with Crippen LogP contribution in [0.1, 0.15) is 23.0 Å². The Balaban J connectivity index is 1.58. The highest BCUT2D eigenvalue weighted by atomic mass is 16.5. The molecule has 0 aliphatic heterocycles. The summed E-state index contributed by atoms with van der Waals surface area (Å²) in [5.41, 5.74) is 1.13. The van der Waals surface area contributed by atoms with E-state index in [1.165, 1.54) is 10.9 Å². The van der Waals surface area contributed by atoms with Crippen molar-refractivity contribution in [3.63, 3.8) is 0 Å². The first-order chi connectivity index (χ1) is 12.6. The lowest BCUT2D eigenvalue weighted by Gasteiger charge is -2.01. The molecule has 0 aliphatic rings. The van der Waals surface area contributed by atoms with Crippen molar-refractivity contribution in [3.8, 4) is 0 Å². The molecule has 3 aromatic heterocycles.